The highest BCUT2D eigenvalue weighted by Crippen LogP contribution is 2.35. The van der Waals surface area contributed by atoms with Crippen LogP contribution in [0.3, 0.4) is 0 Å². The first-order valence-electron chi connectivity index (χ1n) is 5.57. The first-order chi connectivity index (χ1) is 9.29. The molecule has 1 N–H and O–H groups in total. The molecule has 0 bridgehead atoms. The number of fused-ring (bicyclic) bond motifs is 1. The number of rotatable bonds is 3. The van der Waals surface area contributed by atoms with Crippen LogP contribution in [0.5, 0.6) is 5.75 Å². The van der Waals surface area contributed by atoms with Crippen LogP contribution in [-0.4, -0.2) is 17.1 Å². The normalized spacial score (nSPS) is 10.6. The van der Waals surface area contributed by atoms with Crippen LogP contribution in [0, 0.1) is 0 Å². The largest absolute Gasteiger partial charge is 0.493 e. The third-order valence-electron chi connectivity index (χ3n) is 2.69. The van der Waals surface area contributed by atoms with Gasteiger partial charge in [-0.3, -0.25) is 0 Å². The Bertz CT molecular complexity index is 729. The van der Waals surface area contributed by atoms with E-state index in [1.807, 2.05) is 23.6 Å². The zero-order valence-corrected chi connectivity index (χ0v) is 11.6. The minimum absolute atomic E-state index is 0.558. The SMILES string of the molecule is COc1c(Cl)cccc1Nc1ncnc2sccc12. The standard InChI is InChI=1S/C13H10ClN3OS/c1-18-11-9(14)3-2-4-10(11)17-12-8-5-6-19-13(8)16-7-15-12/h2-7H,1H3,(H,15,16,17). The van der Waals surface area contributed by atoms with E-state index in [0.29, 0.717) is 10.8 Å². The van der Waals surface area contributed by atoms with Crippen LogP contribution in [0.2, 0.25) is 5.02 Å². The third-order valence-corrected chi connectivity index (χ3v) is 3.80. The van der Waals surface area contributed by atoms with Gasteiger partial charge in [0.1, 0.15) is 17.0 Å². The Labute approximate surface area is 119 Å². The van der Waals surface area contributed by atoms with Crippen molar-refractivity contribution in [2.24, 2.45) is 0 Å². The molecule has 3 aromatic rings. The highest BCUT2D eigenvalue weighted by atomic mass is 35.5. The van der Waals surface area contributed by atoms with Crippen LogP contribution in [0.4, 0.5) is 11.5 Å². The van der Waals surface area contributed by atoms with E-state index in [9.17, 15) is 0 Å². The lowest BCUT2D eigenvalue weighted by molar-refractivity contribution is 0.417. The van der Waals surface area contributed by atoms with E-state index in [2.05, 4.69) is 15.3 Å². The van der Waals surface area contributed by atoms with Crippen molar-refractivity contribution in [3.8, 4) is 5.75 Å². The number of benzene rings is 1. The number of ether oxygens (including phenoxy) is 1. The second-order valence-corrected chi connectivity index (χ2v) is 5.11. The van der Waals surface area contributed by atoms with E-state index >= 15 is 0 Å². The van der Waals surface area contributed by atoms with E-state index in [1.54, 1.807) is 24.5 Å². The molecule has 96 valence electrons. The Balaban J connectivity index is 2.06. The highest BCUT2D eigenvalue weighted by Gasteiger charge is 2.10. The Kier molecular flexibility index (Phi) is 3.23. The van der Waals surface area contributed by atoms with Crippen LogP contribution in [0.1, 0.15) is 0 Å². The molecular weight excluding hydrogens is 282 g/mol. The molecule has 3 rings (SSSR count). The highest BCUT2D eigenvalue weighted by molar-refractivity contribution is 7.16. The molecule has 0 saturated heterocycles. The molecule has 0 spiro atoms. The number of nitrogens with zero attached hydrogens (tertiary/aromatic N) is 2. The summed E-state index contributed by atoms with van der Waals surface area (Å²) in [6.45, 7) is 0. The summed E-state index contributed by atoms with van der Waals surface area (Å²) < 4.78 is 5.31. The van der Waals surface area contributed by atoms with Gasteiger partial charge in [-0.2, -0.15) is 0 Å². The summed E-state index contributed by atoms with van der Waals surface area (Å²) in [6, 6.07) is 7.52. The van der Waals surface area contributed by atoms with Gasteiger partial charge in [0, 0.05) is 0 Å². The molecule has 19 heavy (non-hydrogen) atoms. The van der Waals surface area contributed by atoms with Gasteiger partial charge < -0.3 is 10.1 Å². The number of anilines is 2. The molecule has 0 aliphatic carbocycles. The van der Waals surface area contributed by atoms with Crippen molar-refractivity contribution in [2.75, 3.05) is 12.4 Å². The van der Waals surface area contributed by atoms with Gasteiger partial charge in [-0.05, 0) is 23.6 Å². The second kappa shape index (κ2) is 5.03. The van der Waals surface area contributed by atoms with Crippen molar-refractivity contribution in [3.63, 3.8) is 0 Å². The van der Waals surface area contributed by atoms with E-state index in [1.165, 1.54) is 6.33 Å². The lowest BCUT2D eigenvalue weighted by Crippen LogP contribution is -1.97. The first-order valence-corrected chi connectivity index (χ1v) is 6.83. The summed E-state index contributed by atoms with van der Waals surface area (Å²) in [5.41, 5.74) is 0.779. The van der Waals surface area contributed by atoms with Crippen LogP contribution < -0.4 is 10.1 Å². The van der Waals surface area contributed by atoms with Gasteiger partial charge in [0.2, 0.25) is 0 Å². The Morgan fingerprint density at radius 2 is 2.16 bits per heavy atom. The van der Waals surface area contributed by atoms with Crippen LogP contribution in [0.25, 0.3) is 10.2 Å². The fraction of sp³-hybridized carbons (Fsp3) is 0.0769. The number of thiophene rings is 1. The minimum Gasteiger partial charge on any atom is -0.493 e. The molecule has 2 heterocycles. The molecule has 4 nitrogen and oxygen atoms in total. The van der Waals surface area contributed by atoms with Crippen LogP contribution in [-0.2, 0) is 0 Å². The van der Waals surface area contributed by atoms with Gasteiger partial charge in [0.25, 0.3) is 0 Å². The summed E-state index contributed by atoms with van der Waals surface area (Å²) in [5.74, 6) is 1.35. The monoisotopic (exact) mass is 291 g/mol. The summed E-state index contributed by atoms with van der Waals surface area (Å²) in [4.78, 5) is 9.42. The van der Waals surface area contributed by atoms with Crippen molar-refractivity contribution in [1.82, 2.24) is 9.97 Å². The average molecular weight is 292 g/mol. The minimum atomic E-state index is 0.558. The summed E-state index contributed by atoms with van der Waals surface area (Å²) in [6.07, 6.45) is 1.54. The molecule has 0 unspecified atom stereocenters. The van der Waals surface area contributed by atoms with Gasteiger partial charge in [-0.25, -0.2) is 9.97 Å². The zero-order chi connectivity index (χ0) is 13.2. The third kappa shape index (κ3) is 2.22. The van der Waals surface area contributed by atoms with Gasteiger partial charge in [-0.1, -0.05) is 17.7 Å². The molecule has 1 aromatic carbocycles. The van der Waals surface area contributed by atoms with Gasteiger partial charge in [-0.15, -0.1) is 11.3 Å². The number of hydrogen-bond acceptors (Lipinski definition) is 5. The number of nitrogens with one attached hydrogen (secondary N) is 1. The van der Waals surface area contributed by atoms with Crippen LogP contribution in [0.15, 0.2) is 36.0 Å². The fourth-order valence-electron chi connectivity index (χ4n) is 1.83. The quantitative estimate of drug-likeness (QED) is 0.789. The maximum Gasteiger partial charge on any atom is 0.160 e. The molecule has 0 fully saturated rings. The molecule has 0 aliphatic heterocycles. The first kappa shape index (κ1) is 12.2. The van der Waals surface area contributed by atoms with E-state index in [0.717, 1.165) is 21.7 Å². The van der Waals surface area contributed by atoms with E-state index in [4.69, 9.17) is 16.3 Å². The number of aromatic nitrogens is 2. The molecule has 0 amide bonds. The fourth-order valence-corrected chi connectivity index (χ4v) is 2.82. The lowest BCUT2D eigenvalue weighted by Gasteiger charge is -2.12. The number of halogens is 1. The summed E-state index contributed by atoms with van der Waals surface area (Å²) in [7, 11) is 1.59. The van der Waals surface area contributed by atoms with Gasteiger partial charge >= 0.3 is 0 Å². The molecule has 2 aromatic heterocycles. The molecule has 0 saturated carbocycles. The maximum absolute atomic E-state index is 6.10. The second-order valence-electron chi connectivity index (χ2n) is 3.81. The summed E-state index contributed by atoms with van der Waals surface area (Å²) in [5, 5.41) is 6.76. The number of hydrogen-bond donors (Lipinski definition) is 1. The summed E-state index contributed by atoms with van der Waals surface area (Å²) >= 11 is 7.67. The molecule has 6 heteroatoms. The molecular formula is C13H10ClN3OS. The van der Waals surface area contributed by atoms with Crippen molar-refractivity contribution < 1.29 is 4.74 Å². The average Bonchev–Trinajstić information content (AvgIpc) is 2.88. The van der Waals surface area contributed by atoms with Gasteiger partial charge in [0.15, 0.2) is 5.75 Å². The Hall–Kier alpha value is -1.85. The van der Waals surface area contributed by atoms with E-state index in [-0.39, 0.29) is 0 Å². The van der Waals surface area contributed by atoms with Gasteiger partial charge in [0.05, 0.1) is 23.2 Å². The predicted molar refractivity (Wildman–Crippen MR) is 78.7 cm³/mol. The van der Waals surface area contributed by atoms with Crippen molar-refractivity contribution in [2.45, 2.75) is 0 Å². The van der Waals surface area contributed by atoms with Crippen molar-refractivity contribution in [1.29, 1.82) is 0 Å². The maximum atomic E-state index is 6.10. The number of methoxy groups -OCH3 is 1. The molecule has 0 aliphatic rings. The van der Waals surface area contributed by atoms with Crippen molar-refractivity contribution in [3.05, 3.63) is 41.0 Å². The Morgan fingerprint density at radius 1 is 1.26 bits per heavy atom. The molecule has 0 atom stereocenters. The Morgan fingerprint density at radius 3 is 3.00 bits per heavy atom. The zero-order valence-electron chi connectivity index (χ0n) is 10.1. The van der Waals surface area contributed by atoms with Crippen molar-refractivity contribution >= 4 is 44.7 Å². The topological polar surface area (TPSA) is 47.0 Å². The van der Waals surface area contributed by atoms with E-state index < -0.39 is 0 Å². The lowest BCUT2D eigenvalue weighted by atomic mass is 10.2. The smallest absolute Gasteiger partial charge is 0.160 e. The number of para-hydroxylation sites is 1. The molecule has 0 radical (unpaired) electrons. The predicted octanol–water partition coefficient (Wildman–Crippen LogP) is 4.10. The van der Waals surface area contributed by atoms with Crippen LogP contribution >= 0.6 is 22.9 Å².